The lowest BCUT2D eigenvalue weighted by Gasteiger charge is -2.45. The third kappa shape index (κ3) is 5.12. The molecular formula is C35H40N6O2. The summed E-state index contributed by atoms with van der Waals surface area (Å²) in [6, 6.07) is 22.7. The number of primary amides is 1. The highest BCUT2D eigenvalue weighted by atomic mass is 16.2. The average Bonchev–Trinajstić information content (AvgIpc) is 3.50. The number of imidazole rings is 1. The highest BCUT2D eigenvalue weighted by molar-refractivity contribution is 5.98. The van der Waals surface area contributed by atoms with Gasteiger partial charge in [-0.25, -0.2) is 4.98 Å². The van der Waals surface area contributed by atoms with E-state index in [-0.39, 0.29) is 16.9 Å². The lowest BCUT2D eigenvalue weighted by atomic mass is 9.70. The van der Waals surface area contributed by atoms with Crippen LogP contribution in [-0.4, -0.2) is 67.9 Å². The van der Waals surface area contributed by atoms with Crippen LogP contribution in [0.5, 0.6) is 0 Å². The van der Waals surface area contributed by atoms with Gasteiger partial charge in [-0.2, -0.15) is 0 Å². The van der Waals surface area contributed by atoms with Crippen LogP contribution < -0.4 is 5.73 Å². The van der Waals surface area contributed by atoms with Gasteiger partial charge in [0.1, 0.15) is 5.82 Å². The van der Waals surface area contributed by atoms with Gasteiger partial charge in [0.05, 0.1) is 22.2 Å². The van der Waals surface area contributed by atoms with Crippen molar-refractivity contribution in [3.05, 3.63) is 95.6 Å². The monoisotopic (exact) mass is 576 g/mol. The largest absolute Gasteiger partial charge is 0.366 e. The molecule has 3 aliphatic rings. The Bertz CT molecular complexity index is 1630. The zero-order valence-electron chi connectivity index (χ0n) is 24.9. The SMILES string of the molecule is Cc1nc2ccccc2n1C1CC2CCC(C1)N2CCC1(c2ccccc2)CCN(C(=O)c2cncc(C(N)=O)c2)CC1. The maximum atomic E-state index is 13.4. The van der Waals surface area contributed by atoms with Crippen molar-refractivity contribution < 1.29 is 9.59 Å². The van der Waals surface area contributed by atoms with Crippen LogP contribution in [0.1, 0.15) is 83.1 Å². The minimum absolute atomic E-state index is 0.0266. The Hall–Kier alpha value is -4.04. The van der Waals surface area contributed by atoms with Crippen molar-refractivity contribution in [2.45, 2.75) is 75.4 Å². The molecule has 2 N–H and O–H groups in total. The van der Waals surface area contributed by atoms with Crippen molar-refractivity contribution >= 4 is 22.8 Å². The van der Waals surface area contributed by atoms with Gasteiger partial charge in [-0.15, -0.1) is 0 Å². The quantitative estimate of drug-likeness (QED) is 0.323. The van der Waals surface area contributed by atoms with Crippen LogP contribution >= 0.6 is 0 Å². The second kappa shape index (κ2) is 11.2. The number of nitrogens with two attached hydrogens (primary N) is 1. The molecule has 0 saturated carbocycles. The first-order chi connectivity index (χ1) is 20.9. The molecule has 2 aromatic carbocycles. The zero-order valence-corrected chi connectivity index (χ0v) is 24.9. The number of para-hydroxylation sites is 2. The Balaban J connectivity index is 1.06. The van der Waals surface area contributed by atoms with Gasteiger partial charge in [-0.05, 0) is 87.6 Å². The summed E-state index contributed by atoms with van der Waals surface area (Å²) in [7, 11) is 0. The van der Waals surface area contributed by atoms with Crippen LogP contribution in [-0.2, 0) is 5.41 Å². The normalized spacial score (nSPS) is 23.5. The van der Waals surface area contributed by atoms with Crippen LogP contribution in [0, 0.1) is 6.92 Å². The number of benzene rings is 2. The minimum Gasteiger partial charge on any atom is -0.366 e. The fourth-order valence-electron chi connectivity index (χ4n) is 8.28. The van der Waals surface area contributed by atoms with Crippen molar-refractivity contribution in [1.29, 1.82) is 0 Å². The van der Waals surface area contributed by atoms with Gasteiger partial charge in [0.2, 0.25) is 5.91 Å². The van der Waals surface area contributed by atoms with Crippen molar-refractivity contribution in [1.82, 2.24) is 24.3 Å². The van der Waals surface area contributed by atoms with E-state index in [9.17, 15) is 9.59 Å². The summed E-state index contributed by atoms with van der Waals surface area (Å²) < 4.78 is 2.50. The molecular weight excluding hydrogens is 536 g/mol. The summed E-state index contributed by atoms with van der Waals surface area (Å²) in [5.41, 5.74) is 9.87. The first-order valence-electron chi connectivity index (χ1n) is 15.7. The Kier molecular flexibility index (Phi) is 7.25. The molecule has 222 valence electrons. The number of hydrogen-bond acceptors (Lipinski definition) is 5. The number of hydrogen-bond donors (Lipinski definition) is 1. The maximum Gasteiger partial charge on any atom is 0.255 e. The van der Waals surface area contributed by atoms with Crippen molar-refractivity contribution in [3.63, 3.8) is 0 Å². The molecule has 2 atom stereocenters. The Morgan fingerprint density at radius 3 is 2.30 bits per heavy atom. The van der Waals surface area contributed by atoms with Gasteiger partial charge in [0, 0.05) is 43.6 Å². The number of rotatable bonds is 7. The number of fused-ring (bicyclic) bond motifs is 3. The number of aromatic nitrogens is 3. The number of piperidine rings is 2. The predicted octanol–water partition coefficient (Wildman–Crippen LogP) is 5.27. The van der Waals surface area contributed by atoms with Crippen LogP contribution in [0.2, 0.25) is 0 Å². The molecule has 3 fully saturated rings. The molecule has 0 aliphatic carbocycles. The van der Waals surface area contributed by atoms with E-state index in [0.717, 1.165) is 37.1 Å². The lowest BCUT2D eigenvalue weighted by molar-refractivity contribution is 0.0606. The number of aryl methyl sites for hydroxylation is 1. The molecule has 8 heteroatoms. The first kappa shape index (κ1) is 27.8. The third-order valence-electron chi connectivity index (χ3n) is 10.5. The lowest BCUT2D eigenvalue weighted by Crippen LogP contribution is -2.49. The molecule has 2 unspecified atom stereocenters. The first-order valence-corrected chi connectivity index (χ1v) is 15.7. The number of likely N-dealkylation sites (tertiary alicyclic amines) is 1. The Morgan fingerprint density at radius 1 is 0.907 bits per heavy atom. The van der Waals surface area contributed by atoms with E-state index in [2.05, 4.69) is 76.0 Å². The molecule has 2 bridgehead atoms. The fourth-order valence-corrected chi connectivity index (χ4v) is 8.28. The standard InChI is InChI=1S/C35H40N6O2/c1-24-38-31-9-5-6-10-32(31)41(24)30-20-28-11-12-29(21-30)40(28)18-15-35(27-7-3-2-4-8-27)13-16-39(17-14-35)34(43)26-19-25(33(36)42)22-37-23-26/h2-10,19,22-23,28-30H,11-18,20-21H2,1H3,(H2,36,42). The molecule has 4 aromatic rings. The van der Waals surface area contributed by atoms with Crippen LogP contribution in [0.3, 0.4) is 0 Å². The van der Waals surface area contributed by atoms with E-state index < -0.39 is 5.91 Å². The molecule has 8 nitrogen and oxygen atoms in total. The molecule has 0 spiro atoms. The minimum atomic E-state index is -0.574. The highest BCUT2D eigenvalue weighted by Crippen LogP contribution is 2.45. The number of carbonyl (C=O) groups is 2. The second-order valence-corrected chi connectivity index (χ2v) is 12.8. The van der Waals surface area contributed by atoms with E-state index in [1.54, 1.807) is 6.07 Å². The van der Waals surface area contributed by atoms with E-state index in [1.807, 2.05) is 4.90 Å². The summed E-state index contributed by atoms with van der Waals surface area (Å²) in [6.45, 7) is 4.59. The summed E-state index contributed by atoms with van der Waals surface area (Å²) >= 11 is 0. The smallest absolute Gasteiger partial charge is 0.255 e. The topological polar surface area (TPSA) is 97.3 Å². The van der Waals surface area contributed by atoms with Crippen LogP contribution in [0.25, 0.3) is 11.0 Å². The van der Waals surface area contributed by atoms with Gasteiger partial charge in [0.15, 0.2) is 0 Å². The maximum absolute atomic E-state index is 13.4. The zero-order chi connectivity index (χ0) is 29.6. The Labute approximate surface area is 252 Å². The highest BCUT2D eigenvalue weighted by Gasteiger charge is 2.44. The van der Waals surface area contributed by atoms with Gasteiger partial charge < -0.3 is 15.2 Å². The predicted molar refractivity (Wildman–Crippen MR) is 167 cm³/mol. The molecule has 0 radical (unpaired) electrons. The third-order valence-corrected chi connectivity index (χ3v) is 10.5. The molecule has 3 aliphatic heterocycles. The number of nitrogens with zero attached hydrogens (tertiary/aromatic N) is 5. The van der Waals surface area contributed by atoms with E-state index in [1.165, 1.54) is 49.2 Å². The summed E-state index contributed by atoms with van der Waals surface area (Å²) in [5, 5.41) is 0. The van der Waals surface area contributed by atoms with E-state index in [0.29, 0.717) is 36.8 Å². The number of pyridine rings is 1. The molecule has 3 saturated heterocycles. The van der Waals surface area contributed by atoms with Crippen LogP contribution in [0.15, 0.2) is 73.1 Å². The fraction of sp³-hybridized carbons (Fsp3) is 0.429. The van der Waals surface area contributed by atoms with Gasteiger partial charge in [-0.1, -0.05) is 42.5 Å². The number of amides is 2. The summed E-state index contributed by atoms with van der Waals surface area (Å²) in [6.07, 6.45) is 10.7. The van der Waals surface area contributed by atoms with Crippen molar-refractivity contribution in [3.8, 4) is 0 Å². The van der Waals surface area contributed by atoms with E-state index in [4.69, 9.17) is 10.7 Å². The molecule has 2 amide bonds. The summed E-state index contributed by atoms with van der Waals surface area (Å²) in [5.74, 6) is 0.468. The second-order valence-electron chi connectivity index (χ2n) is 12.8. The summed E-state index contributed by atoms with van der Waals surface area (Å²) in [4.78, 5) is 38.7. The van der Waals surface area contributed by atoms with Gasteiger partial charge in [-0.3, -0.25) is 19.5 Å². The molecule has 43 heavy (non-hydrogen) atoms. The van der Waals surface area contributed by atoms with Gasteiger partial charge >= 0.3 is 0 Å². The molecule has 2 aromatic heterocycles. The molecule has 7 rings (SSSR count). The molecule has 5 heterocycles. The van der Waals surface area contributed by atoms with Crippen LogP contribution in [0.4, 0.5) is 0 Å². The van der Waals surface area contributed by atoms with Crippen molar-refractivity contribution in [2.24, 2.45) is 5.73 Å². The average molecular weight is 577 g/mol. The number of carbonyl (C=O) groups excluding carboxylic acids is 2. The van der Waals surface area contributed by atoms with Crippen molar-refractivity contribution in [2.75, 3.05) is 19.6 Å². The van der Waals surface area contributed by atoms with E-state index >= 15 is 0 Å². The Morgan fingerprint density at radius 2 is 1.58 bits per heavy atom. The van der Waals surface area contributed by atoms with Gasteiger partial charge in [0.25, 0.3) is 5.91 Å².